The maximum absolute atomic E-state index is 10.5. The fraction of sp³-hybridized carbons (Fsp3) is 0.538. The monoisotopic (exact) mass is 426 g/mol. The van der Waals surface area contributed by atoms with Gasteiger partial charge in [0, 0.05) is 13.1 Å². The number of aliphatic hydroxyl groups excluding tert-OH is 1. The van der Waals surface area contributed by atoms with E-state index in [4.69, 9.17) is 9.47 Å². The molecule has 2 N–H and O–H groups in total. The zero-order chi connectivity index (χ0) is 21.7. The first kappa shape index (κ1) is 23.6. The molecule has 1 saturated heterocycles. The molecule has 5 heteroatoms. The predicted molar refractivity (Wildman–Crippen MR) is 126 cm³/mol. The lowest BCUT2D eigenvalue weighted by Gasteiger charge is -2.26. The van der Waals surface area contributed by atoms with Crippen molar-refractivity contribution in [2.45, 2.75) is 51.2 Å². The Kier molecular flexibility index (Phi) is 10.2. The Balaban J connectivity index is 1.45. The Morgan fingerprint density at radius 3 is 2.42 bits per heavy atom. The van der Waals surface area contributed by atoms with Crippen molar-refractivity contribution in [3.8, 4) is 11.5 Å². The molecule has 3 rings (SSSR count). The van der Waals surface area contributed by atoms with Crippen molar-refractivity contribution in [2.24, 2.45) is 0 Å². The van der Waals surface area contributed by atoms with Crippen molar-refractivity contribution in [3.05, 3.63) is 59.7 Å². The van der Waals surface area contributed by atoms with E-state index in [0.29, 0.717) is 18.0 Å². The molecule has 0 saturated carbocycles. The Morgan fingerprint density at radius 1 is 0.935 bits per heavy atom. The van der Waals surface area contributed by atoms with Crippen molar-refractivity contribution in [3.63, 3.8) is 0 Å². The summed E-state index contributed by atoms with van der Waals surface area (Å²) < 4.78 is 11.4. The molecule has 2 aromatic carbocycles. The molecular formula is C26H38N2O3. The van der Waals surface area contributed by atoms with E-state index < -0.39 is 6.10 Å². The molecule has 170 valence electrons. The number of likely N-dealkylation sites (tertiary alicyclic amines) is 1. The number of β-amino-alcohol motifs (C(OH)–C–C–N with tert-alkyl or cyclic N) is 1. The molecule has 2 aromatic rings. The first-order valence-corrected chi connectivity index (χ1v) is 11.7. The van der Waals surface area contributed by atoms with Crippen molar-refractivity contribution >= 4 is 0 Å². The number of hydrogen-bond donors (Lipinski definition) is 2. The van der Waals surface area contributed by atoms with Crippen LogP contribution in [0.5, 0.6) is 11.5 Å². The molecule has 5 nitrogen and oxygen atoms in total. The Hall–Kier alpha value is -2.08. The highest BCUT2D eigenvalue weighted by Crippen LogP contribution is 2.28. The van der Waals surface area contributed by atoms with Gasteiger partial charge in [-0.1, -0.05) is 55.7 Å². The molecule has 31 heavy (non-hydrogen) atoms. The van der Waals surface area contributed by atoms with Crippen LogP contribution in [0, 0.1) is 0 Å². The van der Waals surface area contributed by atoms with Gasteiger partial charge in [0.1, 0.15) is 12.7 Å². The molecule has 0 aromatic heterocycles. The van der Waals surface area contributed by atoms with Crippen LogP contribution in [-0.2, 0) is 13.0 Å². The van der Waals surface area contributed by atoms with Crippen LogP contribution in [0.3, 0.4) is 0 Å². The summed E-state index contributed by atoms with van der Waals surface area (Å²) in [5, 5.41) is 14.0. The Bertz CT molecular complexity index is 746. The minimum absolute atomic E-state index is 0.276. The Morgan fingerprint density at radius 2 is 1.68 bits per heavy atom. The van der Waals surface area contributed by atoms with Crippen LogP contribution in [0.1, 0.15) is 43.2 Å². The van der Waals surface area contributed by atoms with Gasteiger partial charge in [-0.05, 0) is 62.2 Å². The van der Waals surface area contributed by atoms with Gasteiger partial charge in [-0.15, -0.1) is 0 Å². The second kappa shape index (κ2) is 13.4. The number of methoxy groups -OCH3 is 1. The van der Waals surface area contributed by atoms with Crippen molar-refractivity contribution < 1.29 is 14.6 Å². The minimum Gasteiger partial charge on any atom is -0.493 e. The largest absolute Gasteiger partial charge is 0.493 e. The molecule has 0 spiro atoms. The maximum Gasteiger partial charge on any atom is 0.161 e. The lowest BCUT2D eigenvalue weighted by molar-refractivity contribution is 0.0644. The summed E-state index contributed by atoms with van der Waals surface area (Å²) in [6, 6.07) is 16.5. The van der Waals surface area contributed by atoms with Gasteiger partial charge in [-0.3, -0.25) is 0 Å². The molecule has 1 fully saturated rings. The Labute approximate surface area is 187 Å². The van der Waals surface area contributed by atoms with E-state index in [0.717, 1.165) is 38.2 Å². The van der Waals surface area contributed by atoms with E-state index in [-0.39, 0.29) is 6.61 Å². The first-order valence-electron chi connectivity index (χ1n) is 11.7. The quantitative estimate of drug-likeness (QED) is 0.531. The van der Waals surface area contributed by atoms with Crippen LogP contribution in [-0.4, -0.2) is 56.0 Å². The predicted octanol–water partition coefficient (Wildman–Crippen LogP) is 4.03. The lowest BCUT2D eigenvalue weighted by Crippen LogP contribution is -2.37. The number of rotatable bonds is 11. The number of ether oxygens (including phenoxy) is 2. The van der Waals surface area contributed by atoms with Gasteiger partial charge >= 0.3 is 0 Å². The zero-order valence-electron chi connectivity index (χ0n) is 18.9. The average Bonchev–Trinajstić information content (AvgIpc) is 2.78. The summed E-state index contributed by atoms with van der Waals surface area (Å²) in [7, 11) is 1.65. The van der Waals surface area contributed by atoms with Gasteiger partial charge in [-0.25, -0.2) is 0 Å². The molecule has 0 amide bonds. The topological polar surface area (TPSA) is 54.0 Å². The van der Waals surface area contributed by atoms with Crippen LogP contribution in [0.4, 0.5) is 0 Å². The second-order valence-corrected chi connectivity index (χ2v) is 8.43. The van der Waals surface area contributed by atoms with E-state index in [9.17, 15) is 5.11 Å². The van der Waals surface area contributed by atoms with E-state index in [1.807, 2.05) is 18.2 Å². The van der Waals surface area contributed by atoms with E-state index in [1.165, 1.54) is 37.7 Å². The number of hydrogen-bond acceptors (Lipinski definition) is 5. The zero-order valence-corrected chi connectivity index (χ0v) is 18.9. The van der Waals surface area contributed by atoms with Gasteiger partial charge in [0.2, 0.25) is 0 Å². The summed E-state index contributed by atoms with van der Waals surface area (Å²) in [6.45, 7) is 4.78. The third-order valence-electron chi connectivity index (χ3n) is 5.84. The lowest BCUT2D eigenvalue weighted by atomic mass is 10.1. The van der Waals surface area contributed by atoms with Gasteiger partial charge < -0.3 is 24.8 Å². The van der Waals surface area contributed by atoms with Crippen molar-refractivity contribution in [1.82, 2.24) is 10.2 Å². The molecule has 1 atom stereocenters. The second-order valence-electron chi connectivity index (χ2n) is 8.43. The van der Waals surface area contributed by atoms with Crippen LogP contribution in [0.2, 0.25) is 0 Å². The smallest absolute Gasteiger partial charge is 0.161 e. The summed E-state index contributed by atoms with van der Waals surface area (Å²) in [5.74, 6) is 1.39. The highest BCUT2D eigenvalue weighted by Gasteiger charge is 2.15. The SMILES string of the molecule is COc1ccc(CNCCc2ccccc2)cc1OC[C@@H](O)CN1CCCCCCC1. The number of aliphatic hydroxyl groups is 1. The van der Waals surface area contributed by atoms with Gasteiger partial charge in [-0.2, -0.15) is 0 Å². The number of benzene rings is 2. The number of nitrogens with zero attached hydrogens (tertiary/aromatic N) is 1. The third-order valence-corrected chi connectivity index (χ3v) is 5.84. The van der Waals surface area contributed by atoms with Crippen molar-refractivity contribution in [2.75, 3.05) is 39.9 Å². The normalized spacial score (nSPS) is 16.3. The van der Waals surface area contributed by atoms with Gasteiger partial charge in [0.05, 0.1) is 7.11 Å². The maximum atomic E-state index is 10.5. The first-order chi connectivity index (χ1) is 15.2. The molecule has 1 heterocycles. The number of nitrogens with one attached hydrogen (secondary N) is 1. The molecule has 0 unspecified atom stereocenters. The van der Waals surface area contributed by atoms with E-state index in [1.54, 1.807) is 7.11 Å². The molecule has 1 aliphatic heterocycles. The fourth-order valence-corrected chi connectivity index (χ4v) is 4.09. The standard InChI is InChI=1S/C26H38N2O3/c1-30-25-13-12-23(19-27-15-14-22-10-6-5-7-11-22)18-26(25)31-21-24(29)20-28-16-8-3-2-4-9-17-28/h5-7,10-13,18,24,27,29H,2-4,8-9,14-17,19-21H2,1H3/t24-/m0/s1. The van der Waals surface area contributed by atoms with Crippen LogP contribution < -0.4 is 14.8 Å². The average molecular weight is 427 g/mol. The highest BCUT2D eigenvalue weighted by molar-refractivity contribution is 5.43. The molecule has 1 aliphatic rings. The molecular weight excluding hydrogens is 388 g/mol. The fourth-order valence-electron chi connectivity index (χ4n) is 4.09. The summed E-state index contributed by atoms with van der Waals surface area (Å²) >= 11 is 0. The molecule has 0 aliphatic carbocycles. The minimum atomic E-state index is -0.503. The van der Waals surface area contributed by atoms with Crippen molar-refractivity contribution in [1.29, 1.82) is 0 Å². The van der Waals surface area contributed by atoms with E-state index in [2.05, 4.69) is 40.5 Å². The van der Waals surface area contributed by atoms with Crippen LogP contribution >= 0.6 is 0 Å². The van der Waals surface area contributed by atoms with Gasteiger partial charge in [0.15, 0.2) is 11.5 Å². The summed E-state index contributed by atoms with van der Waals surface area (Å²) in [6.07, 6.45) is 6.89. The highest BCUT2D eigenvalue weighted by atomic mass is 16.5. The summed E-state index contributed by atoms with van der Waals surface area (Å²) in [4.78, 5) is 2.37. The van der Waals surface area contributed by atoms with E-state index >= 15 is 0 Å². The molecule has 0 bridgehead atoms. The molecule has 0 radical (unpaired) electrons. The third kappa shape index (κ3) is 8.52. The van der Waals surface area contributed by atoms with Gasteiger partial charge in [0.25, 0.3) is 0 Å². The van der Waals surface area contributed by atoms with Crippen LogP contribution in [0.15, 0.2) is 48.5 Å². The van der Waals surface area contributed by atoms with Crippen LogP contribution in [0.25, 0.3) is 0 Å². The summed E-state index contributed by atoms with van der Waals surface area (Å²) in [5.41, 5.74) is 2.48.